The first kappa shape index (κ1) is 15.4. The summed E-state index contributed by atoms with van der Waals surface area (Å²) in [5, 5.41) is 2.51. The zero-order valence-corrected chi connectivity index (χ0v) is 15.5. The molecule has 2 aromatic heterocycles. The third kappa shape index (κ3) is 2.28. The molecule has 0 amide bonds. The van der Waals surface area contributed by atoms with Gasteiger partial charge in [-0.2, -0.15) is 0 Å². The number of fused-ring (bicyclic) bond motifs is 3. The average Bonchev–Trinajstić information content (AvgIpc) is 3.04. The highest BCUT2D eigenvalue weighted by molar-refractivity contribution is 9.10. The van der Waals surface area contributed by atoms with Gasteiger partial charge in [0.05, 0.1) is 11.0 Å². The van der Waals surface area contributed by atoms with Crippen LogP contribution in [0.4, 0.5) is 0 Å². The van der Waals surface area contributed by atoms with Crippen LogP contribution < -0.4 is 0 Å². The van der Waals surface area contributed by atoms with Crippen LogP contribution in [0, 0.1) is 0 Å². The van der Waals surface area contributed by atoms with E-state index < -0.39 is 0 Å². The summed E-state index contributed by atoms with van der Waals surface area (Å²) in [6.07, 6.45) is 3.68. The first-order chi connectivity index (χ1) is 12.8. The van der Waals surface area contributed by atoms with Crippen LogP contribution >= 0.6 is 15.9 Å². The van der Waals surface area contributed by atoms with Crippen molar-refractivity contribution < 1.29 is 0 Å². The van der Waals surface area contributed by atoms with E-state index in [0.717, 1.165) is 10.2 Å². The lowest BCUT2D eigenvalue weighted by Crippen LogP contribution is -1.93. The third-order valence-electron chi connectivity index (χ3n) is 4.77. The van der Waals surface area contributed by atoms with Crippen LogP contribution in [0.25, 0.3) is 38.6 Å². The molecule has 5 rings (SSSR count). The molecule has 0 N–H and O–H groups in total. The highest BCUT2D eigenvalue weighted by Crippen LogP contribution is 2.41. The predicted molar refractivity (Wildman–Crippen MR) is 112 cm³/mol. The molecule has 0 fully saturated rings. The Labute approximate surface area is 159 Å². The van der Waals surface area contributed by atoms with Crippen LogP contribution in [0.1, 0.15) is 0 Å². The van der Waals surface area contributed by atoms with Crippen LogP contribution in [0.15, 0.2) is 95.7 Å². The number of rotatable bonds is 2. The fourth-order valence-corrected chi connectivity index (χ4v) is 4.25. The summed E-state index contributed by atoms with van der Waals surface area (Å²) >= 11 is 3.79. The minimum atomic E-state index is 1.11. The molecule has 5 aromatic rings. The molecule has 3 aromatic carbocycles. The summed E-state index contributed by atoms with van der Waals surface area (Å²) in [7, 11) is 0. The predicted octanol–water partition coefficient (Wildman–Crippen LogP) is 6.61. The molecule has 0 aliphatic carbocycles. The summed E-state index contributed by atoms with van der Waals surface area (Å²) in [5.74, 6) is 0. The molecule has 124 valence electrons. The highest BCUT2D eigenvalue weighted by atomic mass is 79.9. The van der Waals surface area contributed by atoms with Crippen molar-refractivity contribution in [3.8, 4) is 16.8 Å². The van der Waals surface area contributed by atoms with Gasteiger partial charge in [0.1, 0.15) is 0 Å². The third-order valence-corrected chi connectivity index (χ3v) is 5.43. The topological polar surface area (TPSA) is 17.8 Å². The molecule has 0 radical (unpaired) electrons. The number of benzene rings is 3. The van der Waals surface area contributed by atoms with Crippen molar-refractivity contribution in [2.24, 2.45) is 0 Å². The van der Waals surface area contributed by atoms with Gasteiger partial charge in [0.2, 0.25) is 0 Å². The van der Waals surface area contributed by atoms with Gasteiger partial charge < -0.3 is 4.57 Å². The zero-order valence-electron chi connectivity index (χ0n) is 13.9. The van der Waals surface area contributed by atoms with E-state index in [9.17, 15) is 0 Å². The summed E-state index contributed by atoms with van der Waals surface area (Å²) in [4.78, 5) is 4.17. The standard InChI is InChI=1S/C23H15BrN2/c24-19-10-11-21-23(22(19)16-6-2-1-3-7-16)18-8-4-5-9-20(18)26(21)17-12-14-25-15-13-17/h1-15H. The summed E-state index contributed by atoms with van der Waals surface area (Å²) < 4.78 is 3.42. The maximum atomic E-state index is 4.17. The SMILES string of the molecule is Brc1ccc2c(c1-c1ccccc1)c1ccccc1n2-c1ccncc1. The Bertz CT molecular complexity index is 1230. The lowest BCUT2D eigenvalue weighted by molar-refractivity contribution is 1.15. The Hall–Kier alpha value is -2.91. The molecule has 2 heterocycles. The molecule has 0 aliphatic rings. The highest BCUT2D eigenvalue weighted by Gasteiger charge is 2.17. The second-order valence-corrected chi connectivity index (χ2v) is 7.09. The molecular formula is C23H15BrN2. The average molecular weight is 399 g/mol. The van der Waals surface area contributed by atoms with Crippen molar-refractivity contribution >= 4 is 37.7 Å². The van der Waals surface area contributed by atoms with E-state index in [1.54, 1.807) is 0 Å². The Morgan fingerprint density at radius 2 is 1.42 bits per heavy atom. The van der Waals surface area contributed by atoms with E-state index in [1.807, 2.05) is 12.4 Å². The number of halogens is 1. The van der Waals surface area contributed by atoms with Crippen molar-refractivity contribution in [2.45, 2.75) is 0 Å². The Kier molecular flexibility index (Phi) is 3.61. The van der Waals surface area contributed by atoms with Crippen LogP contribution in [-0.4, -0.2) is 9.55 Å². The van der Waals surface area contributed by atoms with Gasteiger partial charge >= 0.3 is 0 Å². The van der Waals surface area contributed by atoms with Crippen LogP contribution in [0.5, 0.6) is 0 Å². The van der Waals surface area contributed by atoms with Crippen molar-refractivity contribution in [3.05, 3.63) is 95.7 Å². The number of hydrogen-bond acceptors (Lipinski definition) is 1. The van der Waals surface area contributed by atoms with E-state index in [0.29, 0.717) is 0 Å². The molecule has 0 bridgehead atoms. The van der Waals surface area contributed by atoms with E-state index in [4.69, 9.17) is 0 Å². The van der Waals surface area contributed by atoms with Gasteiger partial charge in [-0.25, -0.2) is 0 Å². The Balaban J connectivity index is 1.99. The van der Waals surface area contributed by atoms with E-state index >= 15 is 0 Å². The van der Waals surface area contributed by atoms with Gasteiger partial charge in [0, 0.05) is 38.9 Å². The fourth-order valence-electron chi connectivity index (χ4n) is 3.69. The Morgan fingerprint density at radius 3 is 2.23 bits per heavy atom. The first-order valence-corrected chi connectivity index (χ1v) is 9.31. The number of nitrogens with zero attached hydrogens (tertiary/aromatic N) is 2. The van der Waals surface area contributed by atoms with Gasteiger partial charge in [-0.1, -0.05) is 64.5 Å². The maximum Gasteiger partial charge on any atom is 0.0548 e. The monoisotopic (exact) mass is 398 g/mol. The number of pyridine rings is 1. The summed E-state index contributed by atoms with van der Waals surface area (Å²) in [6, 6.07) is 27.6. The largest absolute Gasteiger partial charge is 0.309 e. The lowest BCUT2D eigenvalue weighted by Gasteiger charge is -2.10. The van der Waals surface area contributed by atoms with E-state index in [1.165, 1.54) is 32.9 Å². The molecule has 3 heteroatoms. The molecule has 0 saturated heterocycles. The maximum absolute atomic E-state index is 4.17. The lowest BCUT2D eigenvalue weighted by atomic mass is 9.99. The second kappa shape index (κ2) is 6.11. The quantitative estimate of drug-likeness (QED) is 0.327. The smallest absolute Gasteiger partial charge is 0.0548 e. The van der Waals surface area contributed by atoms with E-state index in [-0.39, 0.29) is 0 Å². The van der Waals surface area contributed by atoms with Crippen LogP contribution in [-0.2, 0) is 0 Å². The van der Waals surface area contributed by atoms with Crippen molar-refractivity contribution in [1.29, 1.82) is 0 Å². The Morgan fingerprint density at radius 1 is 0.692 bits per heavy atom. The second-order valence-electron chi connectivity index (χ2n) is 6.24. The fraction of sp³-hybridized carbons (Fsp3) is 0. The molecule has 0 saturated carbocycles. The summed E-state index contributed by atoms with van der Waals surface area (Å²) in [5.41, 5.74) is 5.95. The zero-order chi connectivity index (χ0) is 17.5. The van der Waals surface area contributed by atoms with Gasteiger partial charge in [-0.3, -0.25) is 4.98 Å². The molecule has 26 heavy (non-hydrogen) atoms. The minimum absolute atomic E-state index is 1.11. The van der Waals surface area contributed by atoms with Crippen LogP contribution in [0.2, 0.25) is 0 Å². The van der Waals surface area contributed by atoms with Crippen LogP contribution in [0.3, 0.4) is 0 Å². The molecule has 2 nitrogen and oxygen atoms in total. The van der Waals surface area contributed by atoms with Gasteiger partial charge in [-0.15, -0.1) is 0 Å². The van der Waals surface area contributed by atoms with Gasteiger partial charge in [0.25, 0.3) is 0 Å². The number of para-hydroxylation sites is 1. The van der Waals surface area contributed by atoms with E-state index in [2.05, 4.69) is 104 Å². The van der Waals surface area contributed by atoms with Gasteiger partial charge in [0.15, 0.2) is 0 Å². The minimum Gasteiger partial charge on any atom is -0.309 e. The number of aromatic nitrogens is 2. The molecular weight excluding hydrogens is 384 g/mol. The normalized spacial score (nSPS) is 11.3. The molecule has 0 spiro atoms. The van der Waals surface area contributed by atoms with Gasteiger partial charge in [-0.05, 0) is 35.9 Å². The summed E-state index contributed by atoms with van der Waals surface area (Å²) in [6.45, 7) is 0. The first-order valence-electron chi connectivity index (χ1n) is 8.52. The van der Waals surface area contributed by atoms with Crippen molar-refractivity contribution in [3.63, 3.8) is 0 Å². The van der Waals surface area contributed by atoms with Crippen molar-refractivity contribution in [2.75, 3.05) is 0 Å². The van der Waals surface area contributed by atoms with Crippen molar-refractivity contribution in [1.82, 2.24) is 9.55 Å². The molecule has 0 aliphatic heterocycles. The number of hydrogen-bond donors (Lipinski definition) is 0. The molecule has 0 atom stereocenters. The molecule has 0 unspecified atom stereocenters.